The van der Waals surface area contributed by atoms with Crippen LogP contribution in [0.2, 0.25) is 0 Å². The highest BCUT2D eigenvalue weighted by Gasteiger charge is 2.18. The average molecular weight is 244 g/mol. The number of nitrogens with zero attached hydrogens (tertiary/aromatic N) is 1. The van der Waals surface area contributed by atoms with E-state index in [1.54, 1.807) is 0 Å². The lowest BCUT2D eigenvalue weighted by atomic mass is 10.0. The van der Waals surface area contributed by atoms with Crippen LogP contribution in [-0.2, 0) is 0 Å². The van der Waals surface area contributed by atoms with Gasteiger partial charge in [-0.15, -0.1) is 0 Å². The Bertz CT molecular complexity index is 190. The van der Waals surface area contributed by atoms with E-state index in [2.05, 4.69) is 32.6 Å². The van der Waals surface area contributed by atoms with E-state index in [4.69, 9.17) is 18.0 Å². The molecule has 96 valence electrons. The van der Waals surface area contributed by atoms with E-state index in [0.29, 0.717) is 11.0 Å². The van der Waals surface area contributed by atoms with Gasteiger partial charge in [0.2, 0.25) is 0 Å². The second-order valence-corrected chi connectivity index (χ2v) is 5.03. The van der Waals surface area contributed by atoms with Crippen LogP contribution in [0.1, 0.15) is 53.4 Å². The Kier molecular flexibility index (Phi) is 8.86. The minimum Gasteiger partial charge on any atom is -0.393 e. The summed E-state index contributed by atoms with van der Waals surface area (Å²) in [5, 5.41) is 0. The quantitative estimate of drug-likeness (QED) is 0.632. The first-order chi connectivity index (χ1) is 7.58. The van der Waals surface area contributed by atoms with Gasteiger partial charge in [0.15, 0.2) is 0 Å². The first-order valence-electron chi connectivity index (χ1n) is 6.61. The lowest BCUT2D eigenvalue weighted by molar-refractivity contribution is 0.169. The lowest BCUT2D eigenvalue weighted by Crippen LogP contribution is -2.40. The van der Waals surface area contributed by atoms with Gasteiger partial charge in [0, 0.05) is 19.0 Å². The predicted molar refractivity (Wildman–Crippen MR) is 76.8 cm³/mol. The molecule has 0 heterocycles. The predicted octanol–water partition coefficient (Wildman–Crippen LogP) is 3.20. The third kappa shape index (κ3) is 5.80. The molecule has 1 atom stereocenters. The van der Waals surface area contributed by atoms with Crippen molar-refractivity contribution in [2.24, 2.45) is 11.7 Å². The zero-order chi connectivity index (χ0) is 12.6. The molecule has 0 saturated heterocycles. The van der Waals surface area contributed by atoms with Gasteiger partial charge in [-0.05, 0) is 18.9 Å². The molecule has 0 fully saturated rings. The number of hydrogen-bond acceptors (Lipinski definition) is 2. The van der Waals surface area contributed by atoms with E-state index in [1.165, 1.54) is 19.4 Å². The molecule has 0 aliphatic heterocycles. The van der Waals surface area contributed by atoms with Crippen molar-refractivity contribution >= 4 is 17.2 Å². The Labute approximate surface area is 107 Å². The molecule has 0 radical (unpaired) electrons. The molecule has 0 aromatic heterocycles. The van der Waals surface area contributed by atoms with E-state index in [-0.39, 0.29) is 0 Å². The summed E-state index contributed by atoms with van der Waals surface area (Å²) in [6, 6.07) is 0.531. The molecular formula is C13H28N2S. The molecule has 0 aromatic rings. The third-order valence-corrected chi connectivity index (χ3v) is 3.64. The molecule has 1 unspecified atom stereocenters. The van der Waals surface area contributed by atoms with E-state index < -0.39 is 0 Å². The molecule has 3 heteroatoms. The Hall–Kier alpha value is -0.150. The van der Waals surface area contributed by atoms with Crippen molar-refractivity contribution in [2.45, 2.75) is 59.4 Å². The number of rotatable bonds is 9. The highest BCUT2D eigenvalue weighted by atomic mass is 32.1. The van der Waals surface area contributed by atoms with Crippen molar-refractivity contribution in [3.63, 3.8) is 0 Å². The largest absolute Gasteiger partial charge is 0.393 e. The van der Waals surface area contributed by atoms with Crippen LogP contribution in [-0.4, -0.2) is 29.0 Å². The van der Waals surface area contributed by atoms with Crippen molar-refractivity contribution in [3.05, 3.63) is 0 Å². The molecule has 0 aliphatic carbocycles. The maximum Gasteiger partial charge on any atom is 0.0743 e. The SMILES string of the molecule is CCC(CC)CN(CC)C(CC)CC(N)=S. The fourth-order valence-electron chi connectivity index (χ4n) is 2.18. The maximum atomic E-state index is 5.66. The van der Waals surface area contributed by atoms with Gasteiger partial charge in [-0.3, -0.25) is 4.90 Å². The first kappa shape index (κ1) is 15.9. The van der Waals surface area contributed by atoms with Gasteiger partial charge < -0.3 is 5.73 Å². The third-order valence-electron chi connectivity index (χ3n) is 3.48. The fourth-order valence-corrected chi connectivity index (χ4v) is 2.37. The maximum absolute atomic E-state index is 5.66. The highest BCUT2D eigenvalue weighted by Crippen LogP contribution is 2.15. The molecule has 0 bridgehead atoms. The van der Waals surface area contributed by atoms with Crippen molar-refractivity contribution < 1.29 is 0 Å². The van der Waals surface area contributed by atoms with Gasteiger partial charge in [-0.2, -0.15) is 0 Å². The molecule has 0 aromatic carbocycles. The van der Waals surface area contributed by atoms with Crippen molar-refractivity contribution in [1.29, 1.82) is 0 Å². The zero-order valence-electron chi connectivity index (χ0n) is 11.3. The van der Waals surface area contributed by atoms with Crippen LogP contribution in [0.3, 0.4) is 0 Å². The van der Waals surface area contributed by atoms with Gasteiger partial charge in [0.25, 0.3) is 0 Å². The van der Waals surface area contributed by atoms with Crippen LogP contribution >= 0.6 is 12.2 Å². The van der Waals surface area contributed by atoms with Crippen molar-refractivity contribution in [1.82, 2.24) is 4.90 Å². The van der Waals surface area contributed by atoms with Gasteiger partial charge in [-0.1, -0.05) is 52.8 Å². The number of hydrogen-bond donors (Lipinski definition) is 1. The molecule has 2 nitrogen and oxygen atoms in total. The average Bonchev–Trinajstić information content (AvgIpc) is 2.28. The van der Waals surface area contributed by atoms with E-state index in [9.17, 15) is 0 Å². The Morgan fingerprint density at radius 3 is 2.00 bits per heavy atom. The standard InChI is InChI=1S/C13H28N2S/c1-5-11(6-2)10-15(8-4)12(7-3)9-13(14)16/h11-12H,5-10H2,1-4H3,(H2,14,16). The Morgan fingerprint density at radius 1 is 1.12 bits per heavy atom. The van der Waals surface area contributed by atoms with Crippen molar-refractivity contribution in [3.8, 4) is 0 Å². The fraction of sp³-hybridized carbons (Fsp3) is 0.923. The summed E-state index contributed by atoms with van der Waals surface area (Å²) in [6.07, 6.45) is 4.51. The summed E-state index contributed by atoms with van der Waals surface area (Å²) in [7, 11) is 0. The van der Waals surface area contributed by atoms with Gasteiger partial charge in [0.05, 0.1) is 4.99 Å². The summed E-state index contributed by atoms with van der Waals surface area (Å²) in [5.74, 6) is 0.806. The molecule has 0 amide bonds. The van der Waals surface area contributed by atoms with Crippen LogP contribution < -0.4 is 5.73 Å². The monoisotopic (exact) mass is 244 g/mol. The molecule has 0 saturated carbocycles. The van der Waals surface area contributed by atoms with E-state index in [1.807, 2.05) is 0 Å². The van der Waals surface area contributed by atoms with Gasteiger partial charge in [-0.25, -0.2) is 0 Å². The highest BCUT2D eigenvalue weighted by molar-refractivity contribution is 7.80. The summed E-state index contributed by atoms with van der Waals surface area (Å²) < 4.78 is 0. The van der Waals surface area contributed by atoms with E-state index in [0.717, 1.165) is 25.3 Å². The molecular weight excluding hydrogens is 216 g/mol. The molecule has 2 N–H and O–H groups in total. The summed E-state index contributed by atoms with van der Waals surface area (Å²) >= 11 is 5.03. The summed E-state index contributed by atoms with van der Waals surface area (Å²) in [4.78, 5) is 3.19. The minimum absolute atomic E-state index is 0.531. The van der Waals surface area contributed by atoms with Crippen LogP contribution in [0.15, 0.2) is 0 Å². The molecule has 0 rings (SSSR count). The van der Waals surface area contributed by atoms with Crippen LogP contribution in [0.25, 0.3) is 0 Å². The number of thiocarbonyl (C=S) groups is 1. The molecule has 16 heavy (non-hydrogen) atoms. The van der Waals surface area contributed by atoms with Crippen LogP contribution in [0.5, 0.6) is 0 Å². The minimum atomic E-state index is 0.531. The second kappa shape index (κ2) is 8.94. The lowest BCUT2D eigenvalue weighted by Gasteiger charge is -2.32. The first-order valence-corrected chi connectivity index (χ1v) is 7.01. The van der Waals surface area contributed by atoms with Gasteiger partial charge in [0.1, 0.15) is 0 Å². The van der Waals surface area contributed by atoms with Crippen molar-refractivity contribution in [2.75, 3.05) is 13.1 Å². The number of nitrogens with two attached hydrogens (primary N) is 1. The van der Waals surface area contributed by atoms with Crippen LogP contribution in [0, 0.1) is 5.92 Å². The normalized spacial score (nSPS) is 13.4. The zero-order valence-corrected chi connectivity index (χ0v) is 12.1. The molecule has 0 spiro atoms. The summed E-state index contributed by atoms with van der Waals surface area (Å²) in [6.45, 7) is 11.3. The summed E-state index contributed by atoms with van der Waals surface area (Å²) in [5.41, 5.74) is 5.66. The smallest absolute Gasteiger partial charge is 0.0743 e. The second-order valence-electron chi connectivity index (χ2n) is 4.50. The van der Waals surface area contributed by atoms with Crippen LogP contribution in [0.4, 0.5) is 0 Å². The molecule has 0 aliphatic rings. The Balaban J connectivity index is 4.36. The van der Waals surface area contributed by atoms with Gasteiger partial charge >= 0.3 is 0 Å². The Morgan fingerprint density at radius 2 is 1.69 bits per heavy atom. The topological polar surface area (TPSA) is 29.3 Å². The van der Waals surface area contributed by atoms with E-state index >= 15 is 0 Å².